The highest BCUT2D eigenvalue weighted by Gasteiger charge is 2.08. The first-order valence-corrected chi connectivity index (χ1v) is 7.16. The van der Waals surface area contributed by atoms with Crippen molar-refractivity contribution >= 4 is 22.0 Å². The van der Waals surface area contributed by atoms with Crippen molar-refractivity contribution in [1.29, 1.82) is 0 Å². The standard InChI is InChI=1S/C13H14BrN5O/c14-11-1-3-12(4-2-11)19-13(15-16-17-19)5-6-18-7-9-20-10-8-18/h1-6H,7-10H2. The van der Waals surface area contributed by atoms with Crippen LogP contribution in [-0.4, -0.2) is 51.4 Å². The molecular formula is C13H14BrN5O. The van der Waals surface area contributed by atoms with E-state index in [0.29, 0.717) is 5.82 Å². The number of rotatable bonds is 3. The highest BCUT2D eigenvalue weighted by atomic mass is 79.9. The van der Waals surface area contributed by atoms with Crippen molar-refractivity contribution < 1.29 is 4.74 Å². The van der Waals surface area contributed by atoms with Crippen LogP contribution in [0.4, 0.5) is 0 Å². The molecule has 1 saturated heterocycles. The molecule has 0 atom stereocenters. The number of tetrazole rings is 1. The molecule has 1 aromatic heterocycles. The van der Waals surface area contributed by atoms with Gasteiger partial charge in [0.15, 0.2) is 5.82 Å². The Morgan fingerprint density at radius 2 is 1.90 bits per heavy atom. The van der Waals surface area contributed by atoms with E-state index in [2.05, 4.69) is 36.4 Å². The number of morpholine rings is 1. The van der Waals surface area contributed by atoms with E-state index in [4.69, 9.17) is 4.74 Å². The van der Waals surface area contributed by atoms with Gasteiger partial charge in [-0.15, -0.1) is 5.10 Å². The molecule has 0 amide bonds. The number of hydrogen-bond donors (Lipinski definition) is 0. The lowest BCUT2D eigenvalue weighted by Gasteiger charge is -2.24. The van der Waals surface area contributed by atoms with Crippen molar-refractivity contribution in [2.45, 2.75) is 0 Å². The maximum Gasteiger partial charge on any atom is 0.181 e. The molecule has 20 heavy (non-hydrogen) atoms. The summed E-state index contributed by atoms with van der Waals surface area (Å²) in [6.07, 6.45) is 3.94. The second-order valence-electron chi connectivity index (χ2n) is 4.39. The Balaban J connectivity index is 1.79. The van der Waals surface area contributed by atoms with Crippen LogP contribution in [0.25, 0.3) is 11.8 Å². The maximum atomic E-state index is 5.32. The van der Waals surface area contributed by atoms with Crippen LogP contribution in [0.2, 0.25) is 0 Å². The number of benzene rings is 1. The lowest BCUT2D eigenvalue weighted by atomic mass is 10.3. The first-order chi connectivity index (χ1) is 9.83. The van der Waals surface area contributed by atoms with E-state index in [9.17, 15) is 0 Å². The normalized spacial score (nSPS) is 15.9. The van der Waals surface area contributed by atoms with Gasteiger partial charge in [-0.05, 0) is 34.7 Å². The van der Waals surface area contributed by atoms with E-state index >= 15 is 0 Å². The largest absolute Gasteiger partial charge is 0.378 e. The minimum absolute atomic E-state index is 0.707. The Morgan fingerprint density at radius 3 is 2.65 bits per heavy atom. The third-order valence-electron chi connectivity index (χ3n) is 3.04. The Bertz CT molecular complexity index is 589. The average molecular weight is 336 g/mol. The number of hydrogen-bond acceptors (Lipinski definition) is 5. The maximum absolute atomic E-state index is 5.32. The molecule has 1 fully saturated rings. The van der Waals surface area contributed by atoms with Gasteiger partial charge in [-0.3, -0.25) is 0 Å². The molecule has 2 heterocycles. The van der Waals surface area contributed by atoms with Crippen molar-refractivity contribution in [2.75, 3.05) is 26.3 Å². The van der Waals surface area contributed by atoms with Crippen LogP contribution in [0.5, 0.6) is 0 Å². The van der Waals surface area contributed by atoms with Gasteiger partial charge in [-0.2, -0.15) is 4.68 Å². The van der Waals surface area contributed by atoms with Crippen LogP contribution in [-0.2, 0) is 4.74 Å². The monoisotopic (exact) mass is 335 g/mol. The Kier molecular flexibility index (Phi) is 4.08. The zero-order valence-corrected chi connectivity index (χ0v) is 12.4. The van der Waals surface area contributed by atoms with Gasteiger partial charge in [0.2, 0.25) is 0 Å². The highest BCUT2D eigenvalue weighted by molar-refractivity contribution is 9.10. The van der Waals surface area contributed by atoms with Gasteiger partial charge < -0.3 is 9.64 Å². The van der Waals surface area contributed by atoms with E-state index in [1.807, 2.05) is 36.5 Å². The zero-order valence-electron chi connectivity index (χ0n) is 10.8. The van der Waals surface area contributed by atoms with Crippen molar-refractivity contribution in [3.63, 3.8) is 0 Å². The third kappa shape index (κ3) is 3.05. The fraction of sp³-hybridized carbons (Fsp3) is 0.308. The van der Waals surface area contributed by atoms with Gasteiger partial charge in [0, 0.05) is 29.8 Å². The fourth-order valence-corrected chi connectivity index (χ4v) is 2.23. The molecular weight excluding hydrogens is 322 g/mol. The molecule has 0 bridgehead atoms. The molecule has 2 aromatic rings. The van der Waals surface area contributed by atoms with Crippen molar-refractivity contribution in [2.24, 2.45) is 0 Å². The summed E-state index contributed by atoms with van der Waals surface area (Å²) in [5.74, 6) is 0.707. The van der Waals surface area contributed by atoms with Gasteiger partial charge in [-0.25, -0.2) is 0 Å². The molecule has 7 heteroatoms. The third-order valence-corrected chi connectivity index (χ3v) is 3.57. The number of halogens is 1. The molecule has 0 aliphatic carbocycles. The highest BCUT2D eigenvalue weighted by Crippen LogP contribution is 2.14. The summed E-state index contributed by atoms with van der Waals surface area (Å²) in [6, 6.07) is 7.86. The summed E-state index contributed by atoms with van der Waals surface area (Å²) >= 11 is 3.42. The van der Waals surface area contributed by atoms with Crippen LogP contribution in [0, 0.1) is 0 Å². The summed E-state index contributed by atoms with van der Waals surface area (Å²) in [4.78, 5) is 2.20. The first-order valence-electron chi connectivity index (χ1n) is 6.37. The summed E-state index contributed by atoms with van der Waals surface area (Å²) in [5, 5.41) is 11.8. The molecule has 1 aromatic carbocycles. The average Bonchev–Trinajstić information content (AvgIpc) is 2.95. The van der Waals surface area contributed by atoms with Gasteiger partial charge in [0.25, 0.3) is 0 Å². The Hall–Kier alpha value is -1.73. The second kappa shape index (κ2) is 6.15. The quantitative estimate of drug-likeness (QED) is 0.854. The predicted octanol–water partition coefficient (Wildman–Crippen LogP) is 1.73. The molecule has 6 nitrogen and oxygen atoms in total. The summed E-state index contributed by atoms with van der Waals surface area (Å²) in [7, 11) is 0. The molecule has 0 unspecified atom stereocenters. The van der Waals surface area contributed by atoms with E-state index in [-0.39, 0.29) is 0 Å². The summed E-state index contributed by atoms with van der Waals surface area (Å²) in [6.45, 7) is 3.33. The van der Waals surface area contributed by atoms with Crippen LogP contribution in [0.15, 0.2) is 34.9 Å². The molecule has 0 radical (unpaired) electrons. The van der Waals surface area contributed by atoms with E-state index in [1.54, 1.807) is 4.68 Å². The van der Waals surface area contributed by atoms with Crippen molar-refractivity contribution in [3.05, 3.63) is 40.8 Å². The number of ether oxygens (including phenoxy) is 1. The topological polar surface area (TPSA) is 56.1 Å². The molecule has 3 rings (SSSR count). The van der Waals surface area contributed by atoms with Crippen molar-refractivity contribution in [1.82, 2.24) is 25.1 Å². The van der Waals surface area contributed by atoms with E-state index in [0.717, 1.165) is 36.5 Å². The number of nitrogens with zero attached hydrogens (tertiary/aromatic N) is 5. The van der Waals surface area contributed by atoms with Gasteiger partial charge >= 0.3 is 0 Å². The van der Waals surface area contributed by atoms with Crippen molar-refractivity contribution in [3.8, 4) is 5.69 Å². The Morgan fingerprint density at radius 1 is 1.15 bits per heavy atom. The lowest BCUT2D eigenvalue weighted by molar-refractivity contribution is 0.0597. The Labute approximate surface area is 125 Å². The number of aromatic nitrogens is 4. The van der Waals surface area contributed by atoms with E-state index in [1.165, 1.54) is 0 Å². The molecule has 0 N–H and O–H groups in total. The molecule has 0 spiro atoms. The fourth-order valence-electron chi connectivity index (χ4n) is 1.96. The molecule has 1 aliphatic rings. The van der Waals surface area contributed by atoms with E-state index < -0.39 is 0 Å². The van der Waals surface area contributed by atoms with Gasteiger partial charge in [-0.1, -0.05) is 15.9 Å². The smallest absolute Gasteiger partial charge is 0.181 e. The zero-order chi connectivity index (χ0) is 13.8. The predicted molar refractivity (Wildman–Crippen MR) is 78.3 cm³/mol. The van der Waals surface area contributed by atoms with Crippen LogP contribution < -0.4 is 0 Å². The lowest BCUT2D eigenvalue weighted by Crippen LogP contribution is -2.31. The second-order valence-corrected chi connectivity index (χ2v) is 5.31. The van der Waals surface area contributed by atoms with Crippen LogP contribution in [0.1, 0.15) is 5.82 Å². The summed E-state index contributed by atoms with van der Waals surface area (Å²) in [5.41, 5.74) is 0.930. The molecule has 0 saturated carbocycles. The SMILES string of the molecule is Brc1ccc(-n2nnnc2C=CN2CCOCC2)cc1. The van der Waals surface area contributed by atoms with Crippen LogP contribution in [0.3, 0.4) is 0 Å². The summed E-state index contributed by atoms with van der Waals surface area (Å²) < 4.78 is 8.05. The molecule has 104 valence electrons. The minimum atomic E-state index is 0.707. The van der Waals surface area contributed by atoms with Gasteiger partial charge in [0.05, 0.1) is 18.9 Å². The minimum Gasteiger partial charge on any atom is -0.378 e. The first kappa shape index (κ1) is 13.3. The van der Waals surface area contributed by atoms with Crippen LogP contribution >= 0.6 is 15.9 Å². The molecule has 1 aliphatic heterocycles. The van der Waals surface area contributed by atoms with Gasteiger partial charge in [0.1, 0.15) is 0 Å².